The number of rotatable bonds is 4. The van der Waals surface area contributed by atoms with E-state index in [-0.39, 0.29) is 42.4 Å². The highest BCUT2D eigenvalue weighted by molar-refractivity contribution is 6.35. The third-order valence-corrected chi connectivity index (χ3v) is 7.62. The standard InChI is InChI=1S/C27H19Cl2NO4/c28-15-11-14(12-16(29)13-15)27(33)34-10-9-30-25(31)23-21-17-5-1-2-6-18(17)22(24(23)26(30)32)20-8-4-3-7-19(20)21/h1-8,11-13,21-24H,9-10H2. The van der Waals surface area contributed by atoms with Gasteiger partial charge in [-0.15, -0.1) is 0 Å². The van der Waals surface area contributed by atoms with Gasteiger partial charge in [0, 0.05) is 21.9 Å². The van der Waals surface area contributed by atoms with Crippen LogP contribution in [-0.4, -0.2) is 35.8 Å². The number of imide groups is 1. The van der Waals surface area contributed by atoms with Crippen LogP contribution in [-0.2, 0) is 14.3 Å². The Morgan fingerprint density at radius 1 is 0.765 bits per heavy atom. The molecule has 0 aromatic heterocycles. The van der Waals surface area contributed by atoms with Crippen LogP contribution in [0.25, 0.3) is 0 Å². The Morgan fingerprint density at radius 2 is 1.21 bits per heavy atom. The van der Waals surface area contributed by atoms with Crippen LogP contribution in [0.3, 0.4) is 0 Å². The molecule has 3 aliphatic carbocycles. The summed E-state index contributed by atoms with van der Waals surface area (Å²) in [4.78, 5) is 40.7. The third-order valence-electron chi connectivity index (χ3n) is 7.19. The van der Waals surface area contributed by atoms with Crippen LogP contribution in [0.15, 0.2) is 66.7 Å². The molecule has 3 aromatic carbocycles. The first-order chi connectivity index (χ1) is 16.5. The molecule has 2 bridgehead atoms. The predicted octanol–water partition coefficient (Wildman–Crippen LogP) is 5.04. The van der Waals surface area contributed by atoms with Gasteiger partial charge < -0.3 is 4.74 Å². The zero-order valence-corrected chi connectivity index (χ0v) is 19.4. The van der Waals surface area contributed by atoms with Gasteiger partial charge in [0.05, 0.1) is 23.9 Å². The maximum atomic E-state index is 13.5. The molecule has 1 heterocycles. The van der Waals surface area contributed by atoms with E-state index in [0.717, 1.165) is 22.3 Å². The van der Waals surface area contributed by atoms with Crippen molar-refractivity contribution in [3.8, 4) is 0 Å². The zero-order valence-electron chi connectivity index (χ0n) is 17.9. The van der Waals surface area contributed by atoms with Gasteiger partial charge in [-0.05, 0) is 40.5 Å². The molecule has 1 fully saturated rings. The molecule has 2 unspecified atom stereocenters. The van der Waals surface area contributed by atoms with E-state index in [4.69, 9.17) is 27.9 Å². The normalized spacial score (nSPS) is 24.0. The van der Waals surface area contributed by atoms with Gasteiger partial charge in [-0.2, -0.15) is 0 Å². The Hall–Kier alpha value is -3.15. The maximum absolute atomic E-state index is 13.5. The highest BCUT2D eigenvalue weighted by atomic mass is 35.5. The van der Waals surface area contributed by atoms with Crippen molar-refractivity contribution < 1.29 is 19.1 Å². The Morgan fingerprint density at radius 3 is 1.65 bits per heavy atom. The topological polar surface area (TPSA) is 63.7 Å². The average molecular weight is 492 g/mol. The average Bonchev–Trinajstić information content (AvgIpc) is 3.09. The molecule has 1 saturated heterocycles. The minimum Gasteiger partial charge on any atom is -0.460 e. The summed E-state index contributed by atoms with van der Waals surface area (Å²) in [5.74, 6) is -2.19. The highest BCUT2D eigenvalue weighted by Gasteiger charge is 2.61. The van der Waals surface area contributed by atoms with E-state index in [2.05, 4.69) is 24.3 Å². The molecule has 0 N–H and O–H groups in total. The monoisotopic (exact) mass is 491 g/mol. The number of benzene rings is 3. The van der Waals surface area contributed by atoms with Gasteiger partial charge in [0.15, 0.2) is 0 Å². The fourth-order valence-corrected chi connectivity index (χ4v) is 6.47. The lowest BCUT2D eigenvalue weighted by molar-refractivity contribution is -0.140. The van der Waals surface area contributed by atoms with Crippen molar-refractivity contribution in [1.29, 1.82) is 0 Å². The van der Waals surface area contributed by atoms with E-state index in [1.807, 2.05) is 24.3 Å². The van der Waals surface area contributed by atoms with Crippen molar-refractivity contribution in [3.63, 3.8) is 0 Å². The number of hydrogen-bond donors (Lipinski definition) is 0. The summed E-state index contributed by atoms with van der Waals surface area (Å²) in [6, 6.07) is 20.6. The fourth-order valence-electron chi connectivity index (χ4n) is 5.94. The zero-order chi connectivity index (χ0) is 23.6. The van der Waals surface area contributed by atoms with Crippen molar-refractivity contribution in [2.75, 3.05) is 13.2 Å². The van der Waals surface area contributed by atoms with E-state index in [0.29, 0.717) is 10.0 Å². The molecule has 4 aliphatic rings. The second-order valence-electron chi connectivity index (χ2n) is 8.89. The van der Waals surface area contributed by atoms with Crippen LogP contribution in [0.1, 0.15) is 44.4 Å². The van der Waals surface area contributed by atoms with Crippen molar-refractivity contribution >= 4 is 41.0 Å². The Balaban J connectivity index is 1.26. The first-order valence-electron chi connectivity index (χ1n) is 11.1. The van der Waals surface area contributed by atoms with Crippen LogP contribution in [0.4, 0.5) is 0 Å². The number of halogens is 2. The molecule has 7 rings (SSSR count). The summed E-state index contributed by atoms with van der Waals surface area (Å²) in [7, 11) is 0. The predicted molar refractivity (Wildman–Crippen MR) is 127 cm³/mol. The largest absolute Gasteiger partial charge is 0.460 e. The van der Waals surface area contributed by atoms with E-state index >= 15 is 0 Å². The molecule has 0 radical (unpaired) electrons. The van der Waals surface area contributed by atoms with Gasteiger partial charge >= 0.3 is 5.97 Å². The molecule has 5 nitrogen and oxygen atoms in total. The molecule has 170 valence electrons. The van der Waals surface area contributed by atoms with Crippen molar-refractivity contribution in [2.45, 2.75) is 11.8 Å². The molecule has 0 saturated carbocycles. The Bertz CT molecular complexity index is 1230. The minimum absolute atomic E-state index is 0.0107. The number of esters is 1. The van der Waals surface area contributed by atoms with Crippen LogP contribution >= 0.6 is 23.2 Å². The van der Waals surface area contributed by atoms with Gasteiger partial charge in [-0.1, -0.05) is 71.7 Å². The van der Waals surface area contributed by atoms with Gasteiger partial charge in [-0.25, -0.2) is 4.79 Å². The number of hydrogen-bond acceptors (Lipinski definition) is 4. The lowest BCUT2D eigenvalue weighted by atomic mass is 9.55. The highest BCUT2D eigenvalue weighted by Crippen LogP contribution is 2.60. The van der Waals surface area contributed by atoms with E-state index < -0.39 is 17.8 Å². The molecular formula is C27H19Cl2NO4. The molecule has 2 atom stereocenters. The second kappa shape index (κ2) is 7.97. The lowest BCUT2D eigenvalue weighted by Gasteiger charge is -2.45. The summed E-state index contributed by atoms with van der Waals surface area (Å²) >= 11 is 11.9. The Kier molecular flexibility index (Phi) is 5.01. The molecule has 1 aliphatic heterocycles. The van der Waals surface area contributed by atoms with Gasteiger partial charge in [0.1, 0.15) is 6.61 Å². The van der Waals surface area contributed by atoms with Gasteiger partial charge in [0.2, 0.25) is 11.8 Å². The first kappa shape index (κ1) is 21.4. The minimum atomic E-state index is -0.610. The molecule has 2 amide bonds. The van der Waals surface area contributed by atoms with Gasteiger partial charge in [0.25, 0.3) is 0 Å². The third kappa shape index (κ3) is 3.11. The number of amides is 2. The number of likely N-dealkylation sites (tertiary alicyclic amines) is 1. The summed E-state index contributed by atoms with van der Waals surface area (Å²) in [5, 5.41) is 0.645. The van der Waals surface area contributed by atoms with Crippen LogP contribution in [0, 0.1) is 11.8 Å². The summed E-state index contributed by atoms with van der Waals surface area (Å²) < 4.78 is 5.34. The number of carbonyl (C=O) groups excluding carboxylic acids is 3. The Labute approximate surface area is 206 Å². The van der Waals surface area contributed by atoms with E-state index in [1.165, 1.54) is 23.1 Å². The van der Waals surface area contributed by atoms with E-state index in [9.17, 15) is 14.4 Å². The molecule has 34 heavy (non-hydrogen) atoms. The number of carbonyl (C=O) groups is 3. The van der Waals surface area contributed by atoms with Crippen molar-refractivity contribution in [3.05, 3.63) is 105 Å². The molecular weight excluding hydrogens is 473 g/mol. The SMILES string of the molecule is O=C(OCCN1C(=O)C2C3c4ccccc4C(c4ccccc43)C2C1=O)c1cc(Cl)cc(Cl)c1. The second-order valence-corrected chi connectivity index (χ2v) is 9.76. The number of ether oxygens (including phenoxy) is 1. The molecule has 7 heteroatoms. The van der Waals surface area contributed by atoms with Crippen molar-refractivity contribution in [2.24, 2.45) is 11.8 Å². The summed E-state index contributed by atoms with van der Waals surface area (Å²) in [5.41, 5.74) is 4.72. The number of nitrogens with zero attached hydrogens (tertiary/aromatic N) is 1. The smallest absolute Gasteiger partial charge is 0.338 e. The van der Waals surface area contributed by atoms with Gasteiger partial charge in [-0.3, -0.25) is 14.5 Å². The quantitative estimate of drug-likeness (QED) is 0.378. The molecule has 0 spiro atoms. The summed E-state index contributed by atoms with van der Waals surface area (Å²) in [6.07, 6.45) is 0. The van der Waals surface area contributed by atoms with E-state index in [1.54, 1.807) is 0 Å². The maximum Gasteiger partial charge on any atom is 0.338 e. The lowest BCUT2D eigenvalue weighted by Crippen LogP contribution is -2.41. The summed E-state index contributed by atoms with van der Waals surface area (Å²) in [6.45, 7) is -0.0913. The molecule has 3 aromatic rings. The van der Waals surface area contributed by atoms with Crippen LogP contribution in [0.2, 0.25) is 10.0 Å². The first-order valence-corrected chi connectivity index (χ1v) is 11.9. The van der Waals surface area contributed by atoms with Crippen LogP contribution in [0.5, 0.6) is 0 Å². The van der Waals surface area contributed by atoms with Crippen LogP contribution < -0.4 is 0 Å². The van der Waals surface area contributed by atoms with Crippen molar-refractivity contribution in [1.82, 2.24) is 4.90 Å². The fraction of sp³-hybridized carbons (Fsp3) is 0.222.